The molecule has 2 rings (SSSR count). The molecular weight excluding hydrogens is 344 g/mol. The number of nitrogens with zero attached hydrogens (tertiary/aromatic N) is 2. The predicted octanol–water partition coefficient (Wildman–Crippen LogP) is 3.58. The maximum absolute atomic E-state index is 12.0. The molecule has 0 bridgehead atoms. The van der Waals surface area contributed by atoms with E-state index >= 15 is 0 Å². The molecule has 1 heterocycles. The van der Waals surface area contributed by atoms with E-state index in [2.05, 4.69) is 11.7 Å². The third kappa shape index (κ3) is 4.28. The van der Waals surface area contributed by atoms with Crippen LogP contribution < -0.4 is 0 Å². The standard InChI is InChI=1S/C18H19ClN2O4/c1-4-14-15(18(23)25-6-3)20-21(16(14)19)11-12-8-7-9-13(10-12)17(22)24-5-2/h4,7-10H,1,5-6,11H2,2-3H3. The first kappa shape index (κ1) is 18.7. The average molecular weight is 363 g/mol. The van der Waals surface area contributed by atoms with Gasteiger partial charge in [0.25, 0.3) is 0 Å². The van der Waals surface area contributed by atoms with E-state index in [0.717, 1.165) is 5.56 Å². The summed E-state index contributed by atoms with van der Waals surface area (Å²) in [5.41, 5.74) is 1.77. The van der Waals surface area contributed by atoms with Gasteiger partial charge in [-0.05, 0) is 31.5 Å². The molecule has 0 spiro atoms. The van der Waals surface area contributed by atoms with Crippen molar-refractivity contribution < 1.29 is 19.1 Å². The first-order chi connectivity index (χ1) is 12.0. The van der Waals surface area contributed by atoms with Gasteiger partial charge in [-0.3, -0.25) is 0 Å². The van der Waals surface area contributed by atoms with E-state index in [4.69, 9.17) is 21.1 Å². The van der Waals surface area contributed by atoms with E-state index in [1.165, 1.54) is 10.8 Å². The van der Waals surface area contributed by atoms with Crippen molar-refractivity contribution >= 4 is 29.6 Å². The van der Waals surface area contributed by atoms with Gasteiger partial charge in [0, 0.05) is 5.56 Å². The molecule has 0 aliphatic heterocycles. The Morgan fingerprint density at radius 2 is 1.92 bits per heavy atom. The Hall–Kier alpha value is -2.60. The third-order valence-electron chi connectivity index (χ3n) is 3.37. The summed E-state index contributed by atoms with van der Waals surface area (Å²) >= 11 is 6.31. The normalized spacial score (nSPS) is 10.4. The zero-order valence-corrected chi connectivity index (χ0v) is 14.9. The second-order valence-corrected chi connectivity index (χ2v) is 5.41. The Morgan fingerprint density at radius 1 is 1.24 bits per heavy atom. The van der Waals surface area contributed by atoms with Gasteiger partial charge in [-0.25, -0.2) is 14.3 Å². The molecule has 0 saturated carbocycles. The lowest BCUT2D eigenvalue weighted by molar-refractivity contribution is 0.0512. The molecule has 0 fully saturated rings. The highest BCUT2D eigenvalue weighted by Gasteiger charge is 2.21. The number of carbonyl (C=O) groups excluding carboxylic acids is 2. The molecule has 0 aliphatic carbocycles. The predicted molar refractivity (Wildman–Crippen MR) is 94.8 cm³/mol. The number of halogens is 1. The van der Waals surface area contributed by atoms with Crippen LogP contribution in [0.2, 0.25) is 5.15 Å². The molecular formula is C18H19ClN2O4. The van der Waals surface area contributed by atoms with Crippen molar-refractivity contribution in [2.24, 2.45) is 0 Å². The van der Waals surface area contributed by atoms with Crippen molar-refractivity contribution in [2.75, 3.05) is 13.2 Å². The van der Waals surface area contributed by atoms with Crippen molar-refractivity contribution in [1.82, 2.24) is 9.78 Å². The number of benzene rings is 1. The fraction of sp³-hybridized carbons (Fsp3) is 0.278. The summed E-state index contributed by atoms with van der Waals surface area (Å²) in [7, 11) is 0. The highest BCUT2D eigenvalue weighted by Crippen LogP contribution is 2.23. The Bertz CT molecular complexity index is 798. The summed E-state index contributed by atoms with van der Waals surface area (Å²) in [6.07, 6.45) is 1.47. The van der Waals surface area contributed by atoms with E-state index in [-0.39, 0.29) is 24.0 Å². The van der Waals surface area contributed by atoms with Gasteiger partial charge in [0.2, 0.25) is 0 Å². The minimum atomic E-state index is -0.557. The van der Waals surface area contributed by atoms with Crippen LogP contribution in [0, 0.1) is 0 Å². The van der Waals surface area contributed by atoms with Gasteiger partial charge in [0.1, 0.15) is 5.15 Å². The molecule has 0 aliphatic rings. The number of esters is 2. The monoisotopic (exact) mass is 362 g/mol. The van der Waals surface area contributed by atoms with Gasteiger partial charge in [-0.15, -0.1) is 0 Å². The highest BCUT2D eigenvalue weighted by atomic mass is 35.5. The van der Waals surface area contributed by atoms with Gasteiger partial charge >= 0.3 is 11.9 Å². The maximum Gasteiger partial charge on any atom is 0.359 e. The second kappa shape index (κ2) is 8.48. The third-order valence-corrected chi connectivity index (χ3v) is 3.77. The first-order valence-electron chi connectivity index (χ1n) is 7.83. The van der Waals surface area contributed by atoms with Crippen LogP contribution in [0.15, 0.2) is 30.8 Å². The fourth-order valence-corrected chi connectivity index (χ4v) is 2.54. The van der Waals surface area contributed by atoms with E-state index < -0.39 is 11.9 Å². The number of rotatable bonds is 7. The Morgan fingerprint density at radius 3 is 2.56 bits per heavy atom. The van der Waals surface area contributed by atoms with Crippen molar-refractivity contribution in [2.45, 2.75) is 20.4 Å². The number of carbonyl (C=O) groups is 2. The minimum Gasteiger partial charge on any atom is -0.462 e. The minimum absolute atomic E-state index is 0.114. The molecule has 2 aromatic rings. The molecule has 25 heavy (non-hydrogen) atoms. The summed E-state index contributed by atoms with van der Waals surface area (Å²) in [5, 5.41) is 4.51. The lowest BCUT2D eigenvalue weighted by Crippen LogP contribution is -2.09. The van der Waals surface area contributed by atoms with Crippen LogP contribution in [-0.2, 0) is 16.0 Å². The summed E-state index contributed by atoms with van der Waals surface area (Å²) in [6.45, 7) is 7.96. The lowest BCUT2D eigenvalue weighted by atomic mass is 10.1. The van der Waals surface area contributed by atoms with Crippen LogP contribution in [0.1, 0.15) is 45.8 Å². The van der Waals surface area contributed by atoms with Crippen LogP contribution >= 0.6 is 11.6 Å². The summed E-state index contributed by atoms with van der Waals surface area (Å²) in [6, 6.07) is 6.96. The zero-order chi connectivity index (χ0) is 18.4. The maximum atomic E-state index is 12.0. The molecule has 6 nitrogen and oxygen atoms in total. The van der Waals surface area contributed by atoms with Crippen LogP contribution in [0.4, 0.5) is 0 Å². The number of aromatic nitrogens is 2. The van der Waals surface area contributed by atoms with Crippen molar-refractivity contribution in [3.05, 3.63) is 58.4 Å². The molecule has 1 aromatic heterocycles. The molecule has 0 amide bonds. The Labute approximate surface area is 151 Å². The summed E-state index contributed by atoms with van der Waals surface area (Å²) in [4.78, 5) is 23.8. The molecule has 7 heteroatoms. The van der Waals surface area contributed by atoms with E-state index in [1.807, 2.05) is 6.07 Å². The topological polar surface area (TPSA) is 70.4 Å². The van der Waals surface area contributed by atoms with E-state index in [0.29, 0.717) is 17.7 Å². The van der Waals surface area contributed by atoms with Crippen molar-refractivity contribution in [3.8, 4) is 0 Å². The van der Waals surface area contributed by atoms with Crippen LogP contribution in [-0.4, -0.2) is 34.9 Å². The highest BCUT2D eigenvalue weighted by molar-refractivity contribution is 6.31. The van der Waals surface area contributed by atoms with Gasteiger partial charge in [0.05, 0.1) is 25.3 Å². The average Bonchev–Trinajstić information content (AvgIpc) is 2.91. The van der Waals surface area contributed by atoms with Crippen molar-refractivity contribution in [1.29, 1.82) is 0 Å². The van der Waals surface area contributed by atoms with Gasteiger partial charge < -0.3 is 9.47 Å². The van der Waals surface area contributed by atoms with Gasteiger partial charge in [-0.2, -0.15) is 5.10 Å². The molecule has 0 radical (unpaired) electrons. The smallest absolute Gasteiger partial charge is 0.359 e. The number of hydrogen-bond donors (Lipinski definition) is 0. The number of hydrogen-bond acceptors (Lipinski definition) is 5. The fourth-order valence-electron chi connectivity index (χ4n) is 2.28. The molecule has 0 unspecified atom stereocenters. The largest absolute Gasteiger partial charge is 0.462 e. The Balaban J connectivity index is 2.32. The SMILES string of the molecule is C=Cc1c(C(=O)OCC)nn(Cc2cccc(C(=O)OCC)c2)c1Cl. The van der Waals surface area contributed by atoms with Gasteiger partial charge in [-0.1, -0.05) is 36.4 Å². The van der Waals surface area contributed by atoms with Gasteiger partial charge in [0.15, 0.2) is 5.69 Å². The van der Waals surface area contributed by atoms with E-state index in [9.17, 15) is 9.59 Å². The molecule has 132 valence electrons. The Kier molecular flexibility index (Phi) is 6.36. The van der Waals surface area contributed by atoms with Crippen molar-refractivity contribution in [3.63, 3.8) is 0 Å². The van der Waals surface area contributed by atoms with Crippen LogP contribution in [0.3, 0.4) is 0 Å². The molecule has 0 saturated heterocycles. The molecule has 0 N–H and O–H groups in total. The first-order valence-corrected chi connectivity index (χ1v) is 8.21. The molecule has 0 atom stereocenters. The zero-order valence-electron chi connectivity index (χ0n) is 14.1. The number of ether oxygens (including phenoxy) is 2. The second-order valence-electron chi connectivity index (χ2n) is 5.06. The van der Waals surface area contributed by atoms with Crippen LogP contribution in [0.25, 0.3) is 6.08 Å². The lowest BCUT2D eigenvalue weighted by Gasteiger charge is -2.06. The van der Waals surface area contributed by atoms with E-state index in [1.54, 1.807) is 32.0 Å². The molecule has 1 aromatic carbocycles. The summed E-state index contributed by atoms with van der Waals surface area (Å²) < 4.78 is 11.4. The summed E-state index contributed by atoms with van der Waals surface area (Å²) in [5.74, 6) is -0.951. The quantitative estimate of drug-likeness (QED) is 0.704. The van der Waals surface area contributed by atoms with Crippen LogP contribution in [0.5, 0.6) is 0 Å².